The molecular weight excluding hydrogens is 225 g/mol. The van der Waals surface area contributed by atoms with Crippen molar-refractivity contribution in [2.75, 3.05) is 19.8 Å². The van der Waals surface area contributed by atoms with Crippen LogP contribution in [-0.2, 0) is 6.15 Å². The van der Waals surface area contributed by atoms with Crippen LogP contribution in [0.4, 0.5) is 0 Å². The van der Waals surface area contributed by atoms with Crippen LogP contribution >= 0.6 is 0 Å². The molecule has 3 nitrogen and oxygen atoms in total. The predicted octanol–water partition coefficient (Wildman–Crippen LogP) is -0.0775. The van der Waals surface area contributed by atoms with Crippen molar-refractivity contribution < 1.29 is 6.15 Å². The van der Waals surface area contributed by atoms with Gasteiger partial charge in [0.25, 0.3) is 0 Å². The third-order valence-electron chi connectivity index (χ3n) is 0.644. The van der Waals surface area contributed by atoms with Crippen LogP contribution in [0.25, 0.3) is 0 Å². The van der Waals surface area contributed by atoms with Gasteiger partial charge in [-0.1, -0.05) is 0 Å². The van der Waals surface area contributed by atoms with Crippen LogP contribution in [-0.4, -0.2) is 41.7 Å². The fourth-order valence-electron chi connectivity index (χ4n) is 0.286. The van der Waals surface area contributed by atoms with E-state index in [0.29, 0.717) is 13.2 Å². The fourth-order valence-corrected chi connectivity index (χ4v) is 1.92. The summed E-state index contributed by atoms with van der Waals surface area (Å²) in [4.78, 5) is 0. The van der Waals surface area contributed by atoms with E-state index in [1.807, 2.05) is 0 Å². The quantitative estimate of drug-likeness (QED) is 0.520. The zero-order valence-corrected chi connectivity index (χ0v) is 8.58. The molecule has 0 aromatic rings. The zero-order chi connectivity index (χ0) is 6.95. The molecule has 0 saturated carbocycles. The summed E-state index contributed by atoms with van der Waals surface area (Å²) in [5, 5.41) is 0. The number of nitrogens with two attached hydrogens (primary N) is 1. The van der Waals surface area contributed by atoms with E-state index in [-0.39, 0.29) is 0 Å². The molecule has 0 unspecified atom stereocenters. The van der Waals surface area contributed by atoms with Crippen LogP contribution in [0.2, 0.25) is 0 Å². The molecule has 0 rings (SSSR count). The van der Waals surface area contributed by atoms with Gasteiger partial charge in [0.15, 0.2) is 0 Å². The molecule has 54 valence electrons. The molecule has 0 atom stereocenters. The molecule has 0 aliphatic rings. The van der Waals surface area contributed by atoms with Gasteiger partial charge in [-0.05, 0) is 0 Å². The van der Waals surface area contributed by atoms with Gasteiger partial charge >= 0.3 is 67.0 Å². The summed E-state index contributed by atoms with van der Waals surface area (Å²) in [6.07, 6.45) is 1.08. The Balaban J connectivity index is 2.60. The van der Waals surface area contributed by atoms with E-state index < -0.39 is 22.0 Å². The Morgan fingerprint density at radius 3 is 2.56 bits per heavy atom. The molecule has 0 spiro atoms. The second-order valence-corrected chi connectivity index (χ2v) is 3.69. The molecule has 0 aromatic heterocycles. The van der Waals surface area contributed by atoms with E-state index in [1.165, 1.54) is 0 Å². The number of rotatable bonds is 6. The van der Waals surface area contributed by atoms with Crippen molar-refractivity contribution in [1.82, 2.24) is 0 Å². The molecule has 2 N–H and O–H groups in total. The summed E-state index contributed by atoms with van der Waals surface area (Å²) in [7, 11) is 0. The third kappa shape index (κ3) is 8.68. The Labute approximate surface area is 67.2 Å². The van der Waals surface area contributed by atoms with Crippen molar-refractivity contribution in [2.24, 2.45) is 5.73 Å². The standard InChI is InChI=1S/C3H7O.C2H6NO.Sn/c1-2-3-4;3-1-2-4;/h2-3H2,1H3;1-3H2;/q2*-1;+2. The topological polar surface area (TPSA) is 44.5 Å². The first-order chi connectivity index (χ1) is 4.41. The predicted molar refractivity (Wildman–Crippen MR) is 37.0 cm³/mol. The van der Waals surface area contributed by atoms with Crippen molar-refractivity contribution in [3.05, 3.63) is 0 Å². The van der Waals surface area contributed by atoms with Crippen molar-refractivity contribution in [2.45, 2.75) is 13.3 Å². The first kappa shape index (κ1) is 9.68. The second kappa shape index (κ2) is 8.68. The third-order valence-corrected chi connectivity index (χ3v) is 2.48. The Kier molecular flexibility index (Phi) is 9.33. The molecule has 0 heterocycles. The number of hydrogen-bond acceptors (Lipinski definition) is 3. The normalized spacial score (nSPS) is 10.0. The molecule has 0 aliphatic heterocycles. The minimum absolute atomic E-state index is 0.607. The molecule has 0 fully saturated rings. The van der Waals surface area contributed by atoms with Gasteiger partial charge in [0.1, 0.15) is 0 Å². The van der Waals surface area contributed by atoms with Gasteiger partial charge in [-0.25, -0.2) is 0 Å². The molecule has 0 saturated heterocycles. The monoisotopic (exact) mass is 239 g/mol. The van der Waals surface area contributed by atoms with Crippen molar-refractivity contribution >= 4 is 22.0 Å². The van der Waals surface area contributed by atoms with E-state index in [2.05, 4.69) is 6.92 Å². The minimum atomic E-state index is -0.931. The van der Waals surface area contributed by atoms with Crippen LogP contribution in [0.3, 0.4) is 0 Å². The van der Waals surface area contributed by atoms with Crippen molar-refractivity contribution in [3.8, 4) is 0 Å². The van der Waals surface area contributed by atoms with Crippen LogP contribution in [0, 0.1) is 0 Å². The summed E-state index contributed by atoms with van der Waals surface area (Å²) in [5.74, 6) is 0. The number of hydrogen-bond donors (Lipinski definition) is 1. The van der Waals surface area contributed by atoms with Gasteiger partial charge in [-0.15, -0.1) is 0 Å². The zero-order valence-electron chi connectivity index (χ0n) is 5.72. The molecule has 2 radical (unpaired) electrons. The summed E-state index contributed by atoms with van der Waals surface area (Å²) in [6, 6.07) is 0. The van der Waals surface area contributed by atoms with E-state index in [1.54, 1.807) is 0 Å². The Morgan fingerprint density at radius 1 is 1.33 bits per heavy atom. The molecule has 0 amide bonds. The van der Waals surface area contributed by atoms with Crippen molar-refractivity contribution in [3.63, 3.8) is 0 Å². The van der Waals surface area contributed by atoms with Gasteiger partial charge in [0.05, 0.1) is 0 Å². The first-order valence-electron chi connectivity index (χ1n) is 3.10. The van der Waals surface area contributed by atoms with E-state index in [9.17, 15) is 0 Å². The van der Waals surface area contributed by atoms with Crippen LogP contribution < -0.4 is 5.73 Å². The first-order valence-corrected chi connectivity index (χ1v) is 5.43. The van der Waals surface area contributed by atoms with Gasteiger partial charge < -0.3 is 0 Å². The van der Waals surface area contributed by atoms with Gasteiger partial charge in [0.2, 0.25) is 0 Å². The molecule has 0 bridgehead atoms. The van der Waals surface area contributed by atoms with Gasteiger partial charge in [-0.3, -0.25) is 0 Å². The van der Waals surface area contributed by atoms with Crippen LogP contribution in [0.1, 0.15) is 13.3 Å². The average Bonchev–Trinajstić information content (AvgIpc) is 1.89. The second-order valence-electron chi connectivity index (χ2n) is 1.57. The Bertz CT molecular complexity index is 48.2. The maximum absolute atomic E-state index is 5.19. The van der Waals surface area contributed by atoms with Crippen LogP contribution in [0.5, 0.6) is 0 Å². The maximum atomic E-state index is 5.19. The summed E-state index contributed by atoms with van der Waals surface area (Å²) in [6.45, 7) is 4.20. The van der Waals surface area contributed by atoms with E-state index in [0.717, 1.165) is 13.0 Å². The van der Waals surface area contributed by atoms with Gasteiger partial charge in [0, 0.05) is 0 Å². The fraction of sp³-hybridized carbons (Fsp3) is 1.00. The Hall–Kier alpha value is 0.679. The Morgan fingerprint density at radius 2 is 2.00 bits per heavy atom. The summed E-state index contributed by atoms with van der Waals surface area (Å²) < 4.78 is 10.3. The molecule has 0 aromatic carbocycles. The molecular formula is C5H13NO2Sn. The van der Waals surface area contributed by atoms with Crippen LogP contribution in [0.15, 0.2) is 0 Å². The van der Waals surface area contributed by atoms with Gasteiger partial charge in [-0.2, -0.15) is 0 Å². The summed E-state index contributed by atoms with van der Waals surface area (Å²) >= 11 is -0.931. The molecule has 4 heteroatoms. The molecule has 0 aliphatic carbocycles. The van der Waals surface area contributed by atoms with E-state index >= 15 is 0 Å². The molecule has 9 heavy (non-hydrogen) atoms. The summed E-state index contributed by atoms with van der Waals surface area (Å²) in [5.41, 5.74) is 5.19. The SMILES string of the molecule is CCC[O][Sn][O]CCN. The van der Waals surface area contributed by atoms with E-state index in [4.69, 9.17) is 11.9 Å². The van der Waals surface area contributed by atoms with Crippen molar-refractivity contribution in [1.29, 1.82) is 0 Å². The average molecular weight is 238 g/mol.